The molecule has 0 saturated carbocycles. The van der Waals surface area contributed by atoms with E-state index in [0.717, 1.165) is 5.39 Å². The van der Waals surface area contributed by atoms with Gasteiger partial charge in [0.05, 0.1) is 12.4 Å². The third-order valence-electron chi connectivity index (χ3n) is 1.73. The van der Waals surface area contributed by atoms with Crippen LogP contribution in [0.25, 0.3) is 10.8 Å². The van der Waals surface area contributed by atoms with Crippen molar-refractivity contribution < 1.29 is 8.76 Å². The van der Waals surface area contributed by atoms with E-state index in [-0.39, 0.29) is 4.90 Å². The lowest BCUT2D eigenvalue weighted by Gasteiger charge is -2.07. The SMILES string of the molecule is O=S([O-])c1cccc2cnncc12. The predicted molar refractivity (Wildman–Crippen MR) is 46.7 cm³/mol. The van der Waals surface area contributed by atoms with Gasteiger partial charge in [0.25, 0.3) is 0 Å². The zero-order valence-corrected chi connectivity index (χ0v) is 7.32. The molecule has 1 heterocycles. The summed E-state index contributed by atoms with van der Waals surface area (Å²) in [6.45, 7) is 0. The molecule has 5 heteroatoms. The van der Waals surface area contributed by atoms with Crippen molar-refractivity contribution in [3.8, 4) is 0 Å². The lowest BCUT2D eigenvalue weighted by Crippen LogP contribution is -1.91. The molecule has 1 aromatic carbocycles. The number of aromatic nitrogens is 2. The molecule has 0 bridgehead atoms. The van der Waals surface area contributed by atoms with Gasteiger partial charge in [0.15, 0.2) is 0 Å². The summed E-state index contributed by atoms with van der Waals surface area (Å²) in [5.41, 5.74) is 0. The number of nitrogens with zero attached hydrogens (tertiary/aromatic N) is 2. The predicted octanol–water partition coefficient (Wildman–Crippen LogP) is 0.868. The molecular formula is C8H5N2O2S-. The molecule has 0 fully saturated rings. The van der Waals surface area contributed by atoms with Crippen LogP contribution in [0.2, 0.25) is 0 Å². The third-order valence-corrected chi connectivity index (χ3v) is 2.44. The van der Waals surface area contributed by atoms with Crippen molar-refractivity contribution in [2.24, 2.45) is 0 Å². The van der Waals surface area contributed by atoms with Crippen LogP contribution >= 0.6 is 0 Å². The number of benzene rings is 1. The first-order chi connectivity index (χ1) is 6.29. The highest BCUT2D eigenvalue weighted by molar-refractivity contribution is 7.79. The zero-order valence-electron chi connectivity index (χ0n) is 6.51. The average Bonchev–Trinajstić information content (AvgIpc) is 2.17. The minimum atomic E-state index is -2.22. The maximum Gasteiger partial charge on any atom is 0.0586 e. The smallest absolute Gasteiger partial charge is 0.0586 e. The minimum absolute atomic E-state index is 0.257. The lowest BCUT2D eigenvalue weighted by molar-refractivity contribution is 0.538. The molecule has 4 nitrogen and oxygen atoms in total. The largest absolute Gasteiger partial charge is 0.768 e. The van der Waals surface area contributed by atoms with Crippen molar-refractivity contribution in [3.05, 3.63) is 30.6 Å². The summed E-state index contributed by atoms with van der Waals surface area (Å²) in [5.74, 6) is 0. The standard InChI is InChI=1S/C8H6N2O2S/c11-13(12)8-3-1-2-6-4-9-10-5-7(6)8/h1-5H,(H,11,12)/p-1. The first-order valence-electron chi connectivity index (χ1n) is 3.58. The van der Waals surface area contributed by atoms with Gasteiger partial charge < -0.3 is 4.55 Å². The van der Waals surface area contributed by atoms with Crippen molar-refractivity contribution in [1.29, 1.82) is 0 Å². The average molecular weight is 193 g/mol. The van der Waals surface area contributed by atoms with E-state index in [2.05, 4.69) is 10.2 Å². The Labute approximate surface area is 76.9 Å². The summed E-state index contributed by atoms with van der Waals surface area (Å²) in [7, 11) is 0. The van der Waals surface area contributed by atoms with Gasteiger partial charge in [-0.05, 0) is 17.1 Å². The van der Waals surface area contributed by atoms with Gasteiger partial charge in [-0.3, -0.25) is 4.21 Å². The number of rotatable bonds is 1. The molecule has 0 amide bonds. The molecule has 1 aromatic heterocycles. The molecule has 0 saturated heterocycles. The summed E-state index contributed by atoms with van der Waals surface area (Å²) in [6.07, 6.45) is 2.98. The highest BCUT2D eigenvalue weighted by Crippen LogP contribution is 2.18. The Kier molecular flexibility index (Phi) is 2.03. The van der Waals surface area contributed by atoms with Crippen molar-refractivity contribution in [2.75, 3.05) is 0 Å². The second-order valence-electron chi connectivity index (χ2n) is 2.48. The van der Waals surface area contributed by atoms with Gasteiger partial charge in [0, 0.05) is 15.7 Å². The van der Waals surface area contributed by atoms with Crippen LogP contribution in [0.4, 0.5) is 0 Å². The fourth-order valence-corrected chi connectivity index (χ4v) is 1.68. The summed E-state index contributed by atoms with van der Waals surface area (Å²) >= 11 is -2.22. The van der Waals surface area contributed by atoms with Crippen LogP contribution in [0.5, 0.6) is 0 Å². The van der Waals surface area contributed by atoms with E-state index in [9.17, 15) is 8.76 Å². The number of fused-ring (bicyclic) bond motifs is 1. The van der Waals surface area contributed by atoms with Crippen LogP contribution in [0, 0.1) is 0 Å². The van der Waals surface area contributed by atoms with Crippen molar-refractivity contribution in [3.63, 3.8) is 0 Å². The summed E-state index contributed by atoms with van der Waals surface area (Å²) < 4.78 is 21.5. The zero-order chi connectivity index (χ0) is 9.26. The van der Waals surface area contributed by atoms with Gasteiger partial charge in [-0.15, -0.1) is 0 Å². The van der Waals surface area contributed by atoms with Crippen LogP contribution in [0.3, 0.4) is 0 Å². The molecule has 0 spiro atoms. The van der Waals surface area contributed by atoms with Crippen LogP contribution < -0.4 is 0 Å². The Morgan fingerprint density at radius 1 is 1.23 bits per heavy atom. The number of hydrogen-bond donors (Lipinski definition) is 0. The molecule has 0 aliphatic heterocycles. The molecule has 2 aromatic rings. The summed E-state index contributed by atoms with van der Waals surface area (Å²) in [5, 5.41) is 8.67. The molecule has 0 aliphatic carbocycles. The van der Waals surface area contributed by atoms with E-state index >= 15 is 0 Å². The van der Waals surface area contributed by atoms with E-state index < -0.39 is 11.1 Å². The Morgan fingerprint density at radius 2 is 2.00 bits per heavy atom. The molecule has 0 aliphatic rings. The van der Waals surface area contributed by atoms with Gasteiger partial charge >= 0.3 is 0 Å². The van der Waals surface area contributed by atoms with Gasteiger partial charge in [0.2, 0.25) is 0 Å². The Balaban J connectivity index is 2.83. The Hall–Kier alpha value is -1.33. The molecular weight excluding hydrogens is 188 g/mol. The van der Waals surface area contributed by atoms with Crippen LogP contribution in [0.1, 0.15) is 0 Å². The van der Waals surface area contributed by atoms with Gasteiger partial charge in [-0.25, -0.2) is 0 Å². The molecule has 13 heavy (non-hydrogen) atoms. The Bertz CT molecular complexity index is 467. The van der Waals surface area contributed by atoms with Crippen LogP contribution in [-0.4, -0.2) is 19.0 Å². The van der Waals surface area contributed by atoms with Crippen LogP contribution in [-0.2, 0) is 11.1 Å². The third kappa shape index (κ3) is 1.43. The van der Waals surface area contributed by atoms with Crippen LogP contribution in [0.15, 0.2) is 35.5 Å². The van der Waals surface area contributed by atoms with Gasteiger partial charge in [-0.2, -0.15) is 10.2 Å². The monoisotopic (exact) mass is 193 g/mol. The molecule has 66 valence electrons. The maximum atomic E-state index is 10.8. The molecule has 2 rings (SSSR count). The Morgan fingerprint density at radius 3 is 2.77 bits per heavy atom. The molecule has 1 unspecified atom stereocenters. The topological polar surface area (TPSA) is 65.9 Å². The van der Waals surface area contributed by atoms with Gasteiger partial charge in [-0.1, -0.05) is 12.1 Å². The fraction of sp³-hybridized carbons (Fsp3) is 0. The van der Waals surface area contributed by atoms with Crippen molar-refractivity contribution in [1.82, 2.24) is 10.2 Å². The molecule has 0 radical (unpaired) electrons. The normalized spacial score (nSPS) is 13.0. The first-order valence-corrected chi connectivity index (χ1v) is 4.65. The maximum absolute atomic E-state index is 10.8. The first kappa shape index (κ1) is 8.28. The summed E-state index contributed by atoms with van der Waals surface area (Å²) in [4.78, 5) is 0.257. The molecule has 0 N–H and O–H groups in total. The summed E-state index contributed by atoms with van der Waals surface area (Å²) in [6, 6.07) is 5.00. The highest BCUT2D eigenvalue weighted by atomic mass is 32.2. The second-order valence-corrected chi connectivity index (χ2v) is 3.39. The second kappa shape index (κ2) is 3.20. The van der Waals surface area contributed by atoms with Crippen molar-refractivity contribution in [2.45, 2.75) is 4.90 Å². The van der Waals surface area contributed by atoms with Gasteiger partial charge in [0.1, 0.15) is 0 Å². The molecule has 1 atom stereocenters. The van der Waals surface area contributed by atoms with Crippen molar-refractivity contribution >= 4 is 21.9 Å². The fourth-order valence-electron chi connectivity index (χ4n) is 1.14. The van der Waals surface area contributed by atoms with E-state index in [1.54, 1.807) is 12.1 Å². The van der Waals surface area contributed by atoms with E-state index in [4.69, 9.17) is 0 Å². The van der Waals surface area contributed by atoms with E-state index in [1.807, 2.05) is 0 Å². The lowest BCUT2D eigenvalue weighted by atomic mass is 10.2. The number of hydrogen-bond acceptors (Lipinski definition) is 4. The van der Waals surface area contributed by atoms with E-state index in [0.29, 0.717) is 5.39 Å². The highest BCUT2D eigenvalue weighted by Gasteiger charge is 2.00. The minimum Gasteiger partial charge on any atom is -0.768 e. The quantitative estimate of drug-likeness (QED) is 0.630. The van der Waals surface area contributed by atoms with E-state index in [1.165, 1.54) is 18.5 Å².